The fourth-order valence-electron chi connectivity index (χ4n) is 0.861. The Morgan fingerprint density at radius 3 is 2.69 bits per heavy atom. The van der Waals surface area contributed by atoms with Gasteiger partial charge < -0.3 is 10.5 Å². The summed E-state index contributed by atoms with van der Waals surface area (Å²) in [5.74, 6) is 2.18. The lowest BCUT2D eigenvalue weighted by Crippen LogP contribution is -2.31. The van der Waals surface area contributed by atoms with Gasteiger partial charge in [-0.3, -0.25) is 4.79 Å². The molecule has 2 N–H and O–H groups in total. The van der Waals surface area contributed by atoms with Crippen LogP contribution in [0.4, 0.5) is 0 Å². The maximum atomic E-state index is 10.8. The Bertz CT molecular complexity index is 177. The second-order valence-electron chi connectivity index (χ2n) is 2.58. The summed E-state index contributed by atoms with van der Waals surface area (Å²) >= 11 is 0. The molecule has 0 radical (unpaired) electrons. The molecule has 1 atom stereocenters. The van der Waals surface area contributed by atoms with E-state index in [0.717, 1.165) is 19.3 Å². The van der Waals surface area contributed by atoms with E-state index in [9.17, 15) is 4.79 Å². The van der Waals surface area contributed by atoms with Crippen molar-refractivity contribution in [2.45, 2.75) is 31.7 Å². The van der Waals surface area contributed by atoms with Gasteiger partial charge in [-0.25, -0.2) is 0 Å². The molecule has 0 aromatic carbocycles. The number of carbonyl (C=O) groups is 1. The van der Waals surface area contributed by atoms with Crippen LogP contribution in [0.3, 0.4) is 0 Å². The van der Waals surface area contributed by atoms with Crippen LogP contribution in [0.1, 0.15) is 25.7 Å². The van der Waals surface area contributed by atoms with E-state index in [1.165, 1.54) is 7.11 Å². The number of unbranched alkanes of at least 4 members (excludes halogenated alkanes) is 2. The number of carbonyl (C=O) groups excluding carboxylic acids is 1. The third-order valence-corrected chi connectivity index (χ3v) is 1.59. The maximum absolute atomic E-state index is 10.8. The van der Waals surface area contributed by atoms with Crippen LogP contribution in [-0.2, 0) is 9.53 Å². The summed E-state index contributed by atoms with van der Waals surface area (Å²) in [6, 6.07) is -0.493. The van der Waals surface area contributed by atoms with Gasteiger partial charge in [0.25, 0.3) is 0 Å². The van der Waals surface area contributed by atoms with Crippen molar-refractivity contribution in [3.05, 3.63) is 0 Å². The maximum Gasteiger partial charge on any atom is 0.322 e. The highest BCUT2D eigenvalue weighted by molar-refractivity contribution is 5.85. The quantitative estimate of drug-likeness (QED) is 0.416. The molecule has 4 heteroatoms. The Morgan fingerprint density at radius 1 is 1.62 bits per heavy atom. The first-order valence-electron chi connectivity index (χ1n) is 3.99. The molecule has 0 rings (SSSR count). The molecule has 0 bridgehead atoms. The van der Waals surface area contributed by atoms with Crippen molar-refractivity contribution in [3.8, 4) is 12.3 Å². The average molecular weight is 206 g/mol. The monoisotopic (exact) mass is 205 g/mol. The molecular formula is C9H16ClNO2. The Morgan fingerprint density at radius 2 is 2.23 bits per heavy atom. The van der Waals surface area contributed by atoms with E-state index in [2.05, 4.69) is 10.7 Å². The lowest BCUT2D eigenvalue weighted by atomic mass is 10.1. The number of ether oxygens (including phenoxy) is 1. The number of esters is 1. The molecule has 0 fully saturated rings. The van der Waals surface area contributed by atoms with Crippen LogP contribution in [0.2, 0.25) is 0 Å². The van der Waals surface area contributed by atoms with Crippen LogP contribution in [-0.4, -0.2) is 19.1 Å². The molecule has 13 heavy (non-hydrogen) atoms. The van der Waals surface area contributed by atoms with Crippen LogP contribution < -0.4 is 5.73 Å². The van der Waals surface area contributed by atoms with E-state index in [-0.39, 0.29) is 18.4 Å². The molecule has 0 amide bonds. The summed E-state index contributed by atoms with van der Waals surface area (Å²) in [5, 5.41) is 0. The average Bonchev–Trinajstić information content (AvgIpc) is 2.10. The van der Waals surface area contributed by atoms with Gasteiger partial charge in [0.15, 0.2) is 0 Å². The first-order chi connectivity index (χ1) is 5.72. The zero-order valence-corrected chi connectivity index (χ0v) is 8.60. The van der Waals surface area contributed by atoms with Gasteiger partial charge in [0, 0.05) is 6.42 Å². The van der Waals surface area contributed by atoms with Crippen molar-refractivity contribution >= 4 is 18.4 Å². The van der Waals surface area contributed by atoms with Gasteiger partial charge in [-0.05, 0) is 12.8 Å². The zero-order chi connectivity index (χ0) is 9.40. The van der Waals surface area contributed by atoms with E-state index >= 15 is 0 Å². The lowest BCUT2D eigenvalue weighted by molar-refractivity contribution is -0.142. The number of hydrogen-bond donors (Lipinski definition) is 1. The van der Waals surface area contributed by atoms with Crippen molar-refractivity contribution in [2.75, 3.05) is 7.11 Å². The topological polar surface area (TPSA) is 52.3 Å². The molecule has 3 nitrogen and oxygen atoms in total. The highest BCUT2D eigenvalue weighted by atomic mass is 35.5. The Kier molecular flexibility index (Phi) is 10.7. The number of methoxy groups -OCH3 is 1. The van der Waals surface area contributed by atoms with E-state index in [0.29, 0.717) is 6.42 Å². The summed E-state index contributed by atoms with van der Waals surface area (Å²) in [6.07, 6.45) is 8.24. The molecule has 0 spiro atoms. The van der Waals surface area contributed by atoms with Gasteiger partial charge in [-0.1, -0.05) is 6.42 Å². The third kappa shape index (κ3) is 7.63. The smallest absolute Gasteiger partial charge is 0.322 e. The molecule has 0 aliphatic heterocycles. The fourth-order valence-corrected chi connectivity index (χ4v) is 0.861. The summed E-state index contributed by atoms with van der Waals surface area (Å²) < 4.78 is 4.46. The minimum absolute atomic E-state index is 0. The van der Waals surface area contributed by atoms with Crippen LogP contribution in [0.5, 0.6) is 0 Å². The first kappa shape index (κ1) is 14.8. The molecule has 0 saturated heterocycles. The Hall–Kier alpha value is -0.720. The van der Waals surface area contributed by atoms with Gasteiger partial charge in [0.05, 0.1) is 7.11 Å². The molecule has 0 aliphatic rings. The summed E-state index contributed by atoms with van der Waals surface area (Å²) in [5.41, 5.74) is 5.48. The van der Waals surface area contributed by atoms with Gasteiger partial charge in [0.2, 0.25) is 0 Å². The van der Waals surface area contributed by atoms with E-state index in [4.69, 9.17) is 12.2 Å². The van der Waals surface area contributed by atoms with Crippen LogP contribution in [0, 0.1) is 12.3 Å². The standard InChI is InChI=1S/C9H15NO2.ClH/c1-3-4-5-6-7-8(10)9(11)12-2;/h1,8H,4-7,10H2,2H3;1H. The lowest BCUT2D eigenvalue weighted by Gasteiger charge is -2.07. The normalized spacial score (nSPS) is 10.8. The highest BCUT2D eigenvalue weighted by Gasteiger charge is 2.11. The van der Waals surface area contributed by atoms with Crippen molar-refractivity contribution in [1.29, 1.82) is 0 Å². The minimum Gasteiger partial charge on any atom is -0.468 e. The van der Waals surface area contributed by atoms with Crippen LogP contribution >= 0.6 is 12.4 Å². The second-order valence-corrected chi connectivity index (χ2v) is 2.58. The summed E-state index contributed by atoms with van der Waals surface area (Å²) in [7, 11) is 1.34. The van der Waals surface area contributed by atoms with E-state index in [1.807, 2.05) is 0 Å². The van der Waals surface area contributed by atoms with Crippen molar-refractivity contribution < 1.29 is 9.53 Å². The first-order valence-corrected chi connectivity index (χ1v) is 3.99. The SMILES string of the molecule is C#CCCCCC(N)C(=O)OC.Cl. The Labute approximate surface area is 85.4 Å². The minimum atomic E-state index is -0.493. The van der Waals surface area contributed by atoms with Gasteiger partial charge in [-0.2, -0.15) is 0 Å². The molecule has 0 heterocycles. The molecule has 0 saturated carbocycles. The molecule has 1 unspecified atom stereocenters. The number of hydrogen-bond acceptors (Lipinski definition) is 3. The molecule has 76 valence electrons. The van der Waals surface area contributed by atoms with Gasteiger partial charge >= 0.3 is 5.97 Å². The fraction of sp³-hybridized carbons (Fsp3) is 0.667. The second kappa shape index (κ2) is 9.37. The molecule has 0 aromatic heterocycles. The van der Waals surface area contributed by atoms with E-state index in [1.54, 1.807) is 0 Å². The highest BCUT2D eigenvalue weighted by Crippen LogP contribution is 2.02. The van der Waals surface area contributed by atoms with Gasteiger partial charge in [-0.15, -0.1) is 24.8 Å². The largest absolute Gasteiger partial charge is 0.468 e. The number of halogens is 1. The van der Waals surface area contributed by atoms with Gasteiger partial charge in [0.1, 0.15) is 6.04 Å². The van der Waals surface area contributed by atoms with Crippen molar-refractivity contribution in [2.24, 2.45) is 5.73 Å². The van der Waals surface area contributed by atoms with Crippen LogP contribution in [0.15, 0.2) is 0 Å². The molecule has 0 aliphatic carbocycles. The van der Waals surface area contributed by atoms with Crippen molar-refractivity contribution in [3.63, 3.8) is 0 Å². The number of rotatable bonds is 5. The summed E-state index contributed by atoms with van der Waals surface area (Å²) in [4.78, 5) is 10.8. The molecular weight excluding hydrogens is 190 g/mol. The predicted molar refractivity (Wildman–Crippen MR) is 54.5 cm³/mol. The van der Waals surface area contributed by atoms with E-state index < -0.39 is 6.04 Å². The number of nitrogens with two attached hydrogens (primary N) is 1. The zero-order valence-electron chi connectivity index (χ0n) is 7.79. The summed E-state index contributed by atoms with van der Waals surface area (Å²) in [6.45, 7) is 0. The molecule has 0 aromatic rings. The number of terminal acetylenes is 1. The van der Waals surface area contributed by atoms with Crippen LogP contribution in [0.25, 0.3) is 0 Å². The third-order valence-electron chi connectivity index (χ3n) is 1.59. The van der Waals surface area contributed by atoms with Crippen molar-refractivity contribution in [1.82, 2.24) is 0 Å². The predicted octanol–water partition coefficient (Wildman–Crippen LogP) is 1.10. The Balaban J connectivity index is 0.